The van der Waals surface area contributed by atoms with Crippen molar-refractivity contribution in [2.24, 2.45) is 7.05 Å². The van der Waals surface area contributed by atoms with Gasteiger partial charge in [-0.25, -0.2) is 9.97 Å². The molecule has 1 fully saturated rings. The van der Waals surface area contributed by atoms with Crippen molar-refractivity contribution in [3.05, 3.63) is 40.5 Å². The van der Waals surface area contributed by atoms with Crippen LogP contribution < -0.4 is 5.32 Å². The van der Waals surface area contributed by atoms with Gasteiger partial charge in [-0.15, -0.1) is 10.2 Å². The van der Waals surface area contributed by atoms with Gasteiger partial charge in [0, 0.05) is 31.4 Å². The summed E-state index contributed by atoms with van der Waals surface area (Å²) in [5, 5.41) is 17.4. The fourth-order valence-electron chi connectivity index (χ4n) is 3.42. The van der Waals surface area contributed by atoms with Crippen LogP contribution in [-0.2, 0) is 13.6 Å². The maximum absolute atomic E-state index is 4.71. The van der Waals surface area contributed by atoms with Crippen LogP contribution in [0, 0.1) is 13.8 Å². The van der Waals surface area contributed by atoms with Crippen molar-refractivity contribution in [1.29, 1.82) is 0 Å². The molecule has 1 atom stereocenters. The van der Waals surface area contributed by atoms with E-state index < -0.39 is 0 Å². The fraction of sp³-hybridized carbons (Fsp3) is 0.471. The smallest absolute Gasteiger partial charge is 0.211 e. The van der Waals surface area contributed by atoms with Gasteiger partial charge in [0.05, 0.1) is 17.9 Å². The van der Waals surface area contributed by atoms with E-state index in [0.717, 1.165) is 47.0 Å². The molecule has 1 N–H and O–H groups in total. The Morgan fingerprint density at radius 2 is 2.15 bits per heavy atom. The molecule has 0 radical (unpaired) electrons. The molecule has 0 aromatic carbocycles. The summed E-state index contributed by atoms with van der Waals surface area (Å²) in [4.78, 5) is 11.7. The summed E-state index contributed by atoms with van der Waals surface area (Å²) in [6.45, 7) is 5.83. The van der Waals surface area contributed by atoms with E-state index in [9.17, 15) is 0 Å². The minimum atomic E-state index is 0.300. The molecule has 3 aromatic rings. The van der Waals surface area contributed by atoms with Gasteiger partial charge >= 0.3 is 0 Å². The Hall–Kier alpha value is -2.39. The van der Waals surface area contributed by atoms with Gasteiger partial charge < -0.3 is 5.32 Å². The third-order valence-electron chi connectivity index (χ3n) is 4.47. The molecular formula is C17H22N8S. The Morgan fingerprint density at radius 3 is 2.88 bits per heavy atom. The zero-order valence-electron chi connectivity index (χ0n) is 15.2. The SMILES string of the molecule is Cc1nc(Nc2nnc(C)s2)cc([C@@H]2CCCN2Cc2cnn(C)c2)n1. The van der Waals surface area contributed by atoms with Crippen molar-refractivity contribution in [2.75, 3.05) is 11.9 Å². The monoisotopic (exact) mass is 370 g/mol. The molecule has 26 heavy (non-hydrogen) atoms. The van der Waals surface area contributed by atoms with E-state index in [-0.39, 0.29) is 0 Å². The van der Waals surface area contributed by atoms with Crippen LogP contribution in [0.3, 0.4) is 0 Å². The predicted molar refractivity (Wildman–Crippen MR) is 100 cm³/mol. The van der Waals surface area contributed by atoms with Gasteiger partial charge in [-0.1, -0.05) is 11.3 Å². The van der Waals surface area contributed by atoms with Crippen molar-refractivity contribution < 1.29 is 0 Å². The lowest BCUT2D eigenvalue weighted by atomic mass is 10.1. The molecule has 9 heteroatoms. The van der Waals surface area contributed by atoms with E-state index in [4.69, 9.17) is 4.98 Å². The standard InChI is InChI=1S/C17H22N8S/c1-11-19-14(7-16(20-11)21-17-23-22-12(2)26-17)15-5-4-6-25(15)10-13-8-18-24(3)9-13/h7-9,15H,4-6,10H2,1-3H3,(H,19,20,21,23)/t15-/m0/s1. The summed E-state index contributed by atoms with van der Waals surface area (Å²) >= 11 is 1.52. The summed E-state index contributed by atoms with van der Waals surface area (Å²) in [6, 6.07) is 2.34. The summed E-state index contributed by atoms with van der Waals surface area (Å²) < 4.78 is 1.85. The molecule has 0 amide bonds. The maximum atomic E-state index is 4.71. The molecule has 136 valence electrons. The summed E-state index contributed by atoms with van der Waals surface area (Å²) in [5.41, 5.74) is 2.29. The highest BCUT2D eigenvalue weighted by atomic mass is 32.1. The van der Waals surface area contributed by atoms with Crippen molar-refractivity contribution in [3.63, 3.8) is 0 Å². The van der Waals surface area contributed by atoms with E-state index in [1.165, 1.54) is 23.3 Å². The first kappa shape index (κ1) is 17.0. The highest BCUT2D eigenvalue weighted by Gasteiger charge is 2.28. The van der Waals surface area contributed by atoms with Gasteiger partial charge in [0.25, 0.3) is 0 Å². The minimum absolute atomic E-state index is 0.300. The third-order valence-corrected chi connectivity index (χ3v) is 5.22. The number of anilines is 2. The van der Waals surface area contributed by atoms with E-state index in [2.05, 4.69) is 36.7 Å². The first-order chi connectivity index (χ1) is 12.6. The van der Waals surface area contributed by atoms with E-state index in [0.29, 0.717) is 6.04 Å². The van der Waals surface area contributed by atoms with E-state index in [1.807, 2.05) is 37.8 Å². The first-order valence-corrected chi connectivity index (χ1v) is 9.53. The molecule has 4 heterocycles. The maximum Gasteiger partial charge on any atom is 0.211 e. The molecule has 0 bridgehead atoms. The largest absolute Gasteiger partial charge is 0.315 e. The Kier molecular flexibility index (Phi) is 4.64. The van der Waals surface area contributed by atoms with Crippen LogP contribution in [0.1, 0.15) is 41.0 Å². The average Bonchev–Trinajstić information content (AvgIpc) is 3.30. The second-order valence-electron chi connectivity index (χ2n) is 6.63. The number of hydrogen-bond donors (Lipinski definition) is 1. The first-order valence-electron chi connectivity index (χ1n) is 8.71. The molecule has 0 aliphatic carbocycles. The number of aryl methyl sites for hydroxylation is 3. The highest BCUT2D eigenvalue weighted by Crippen LogP contribution is 2.33. The van der Waals surface area contributed by atoms with Crippen LogP contribution in [0.2, 0.25) is 0 Å². The average molecular weight is 370 g/mol. The number of nitrogens with zero attached hydrogens (tertiary/aromatic N) is 7. The molecule has 4 rings (SSSR count). The summed E-state index contributed by atoms with van der Waals surface area (Å²) in [7, 11) is 1.95. The molecular weight excluding hydrogens is 348 g/mol. The Morgan fingerprint density at radius 1 is 1.27 bits per heavy atom. The van der Waals surface area contributed by atoms with Gasteiger partial charge in [-0.05, 0) is 33.2 Å². The van der Waals surface area contributed by atoms with Crippen molar-refractivity contribution >= 4 is 22.3 Å². The van der Waals surface area contributed by atoms with Gasteiger partial charge in [-0.2, -0.15) is 5.10 Å². The molecule has 1 saturated heterocycles. The third kappa shape index (κ3) is 3.73. The second-order valence-corrected chi connectivity index (χ2v) is 7.81. The zero-order valence-corrected chi connectivity index (χ0v) is 16.0. The number of hydrogen-bond acceptors (Lipinski definition) is 8. The molecule has 3 aromatic heterocycles. The quantitative estimate of drug-likeness (QED) is 0.739. The molecule has 0 saturated carbocycles. The summed E-state index contributed by atoms with van der Waals surface area (Å²) in [5.74, 6) is 1.54. The lowest BCUT2D eigenvalue weighted by molar-refractivity contribution is 0.244. The Bertz CT molecular complexity index is 902. The number of aromatic nitrogens is 6. The molecule has 0 unspecified atom stereocenters. The van der Waals surface area contributed by atoms with Crippen LogP contribution in [0.4, 0.5) is 10.9 Å². The van der Waals surface area contributed by atoms with Crippen molar-refractivity contribution in [3.8, 4) is 0 Å². The minimum Gasteiger partial charge on any atom is -0.315 e. The van der Waals surface area contributed by atoms with Gasteiger partial charge in [-0.3, -0.25) is 9.58 Å². The highest BCUT2D eigenvalue weighted by molar-refractivity contribution is 7.15. The predicted octanol–water partition coefficient (Wildman–Crippen LogP) is 2.76. The second kappa shape index (κ2) is 7.08. The van der Waals surface area contributed by atoms with Gasteiger partial charge in [0.15, 0.2) is 0 Å². The van der Waals surface area contributed by atoms with Gasteiger partial charge in [0.1, 0.15) is 16.6 Å². The van der Waals surface area contributed by atoms with E-state index in [1.54, 1.807) is 0 Å². The van der Waals surface area contributed by atoms with Crippen LogP contribution >= 0.6 is 11.3 Å². The molecule has 0 spiro atoms. The Balaban J connectivity index is 1.55. The van der Waals surface area contributed by atoms with Crippen molar-refractivity contribution in [2.45, 2.75) is 39.3 Å². The summed E-state index contributed by atoms with van der Waals surface area (Å²) in [6.07, 6.45) is 6.29. The van der Waals surface area contributed by atoms with Gasteiger partial charge in [0.2, 0.25) is 5.13 Å². The lowest BCUT2D eigenvalue weighted by Crippen LogP contribution is -2.23. The molecule has 8 nitrogen and oxygen atoms in total. The zero-order chi connectivity index (χ0) is 18.1. The van der Waals surface area contributed by atoms with Crippen LogP contribution in [-0.4, -0.2) is 41.4 Å². The van der Waals surface area contributed by atoms with Crippen LogP contribution in [0.25, 0.3) is 0 Å². The number of rotatable bonds is 5. The lowest BCUT2D eigenvalue weighted by Gasteiger charge is -2.24. The topological polar surface area (TPSA) is 84.7 Å². The van der Waals surface area contributed by atoms with Crippen molar-refractivity contribution in [1.82, 2.24) is 34.8 Å². The Labute approximate surface area is 156 Å². The number of likely N-dealkylation sites (tertiary alicyclic amines) is 1. The van der Waals surface area contributed by atoms with Crippen LogP contribution in [0.15, 0.2) is 18.5 Å². The molecule has 1 aliphatic rings. The van der Waals surface area contributed by atoms with E-state index >= 15 is 0 Å². The number of nitrogens with one attached hydrogen (secondary N) is 1. The van der Waals surface area contributed by atoms with Crippen LogP contribution in [0.5, 0.6) is 0 Å². The fourth-order valence-corrected chi connectivity index (χ4v) is 4.02. The normalized spacial score (nSPS) is 17.7. The molecule has 1 aliphatic heterocycles.